The summed E-state index contributed by atoms with van der Waals surface area (Å²) in [5.41, 5.74) is 10.6. The van der Waals surface area contributed by atoms with Gasteiger partial charge in [-0.05, 0) is 60.7 Å². The second-order valence-corrected chi connectivity index (χ2v) is 7.75. The molecule has 3 heterocycles. The number of ether oxygens (including phenoxy) is 1. The minimum atomic E-state index is 0.282. The third kappa shape index (κ3) is 3.36. The van der Waals surface area contributed by atoms with Gasteiger partial charge in [0.05, 0.1) is 5.69 Å². The van der Waals surface area contributed by atoms with Crippen LogP contribution in [0.1, 0.15) is 37.7 Å². The summed E-state index contributed by atoms with van der Waals surface area (Å²) in [5, 5.41) is 7.88. The smallest absolute Gasteiger partial charge is 0.223 e. The van der Waals surface area contributed by atoms with Gasteiger partial charge in [0.15, 0.2) is 0 Å². The number of benzene rings is 1. The molecule has 0 radical (unpaired) electrons. The fourth-order valence-electron chi connectivity index (χ4n) is 4.25. The Kier molecular flexibility index (Phi) is 4.49. The Morgan fingerprint density at radius 1 is 1.11 bits per heavy atom. The van der Waals surface area contributed by atoms with Crippen molar-refractivity contribution < 1.29 is 4.74 Å². The summed E-state index contributed by atoms with van der Waals surface area (Å²) in [6.45, 7) is 0.516. The molecule has 2 unspecified atom stereocenters. The van der Waals surface area contributed by atoms with Crippen molar-refractivity contribution in [2.75, 3.05) is 5.32 Å². The molecule has 6 heteroatoms. The Bertz CT molecular complexity index is 969. The summed E-state index contributed by atoms with van der Waals surface area (Å²) < 4.78 is 7.85. The molecular weight excluding hydrogens is 350 g/mol. The SMILES string of the molecule is NC1CCCCC(Nc2ccc3c(n2)OCc2cc(-n4cccn4)ccc2-3)C1. The maximum atomic E-state index is 6.20. The molecule has 2 aromatic heterocycles. The van der Waals surface area contributed by atoms with Gasteiger partial charge in [-0.3, -0.25) is 0 Å². The van der Waals surface area contributed by atoms with Crippen molar-refractivity contribution in [2.45, 2.75) is 50.8 Å². The topological polar surface area (TPSA) is 78.0 Å². The fourth-order valence-corrected chi connectivity index (χ4v) is 4.25. The minimum Gasteiger partial charge on any atom is -0.472 e. The summed E-state index contributed by atoms with van der Waals surface area (Å²) in [6, 6.07) is 13.1. The highest BCUT2D eigenvalue weighted by molar-refractivity contribution is 5.75. The lowest BCUT2D eigenvalue weighted by Gasteiger charge is -2.23. The van der Waals surface area contributed by atoms with Crippen LogP contribution in [0.25, 0.3) is 16.8 Å². The van der Waals surface area contributed by atoms with Crippen LogP contribution in [0, 0.1) is 0 Å². The van der Waals surface area contributed by atoms with E-state index in [4.69, 9.17) is 15.5 Å². The van der Waals surface area contributed by atoms with Crippen LogP contribution in [0.5, 0.6) is 5.88 Å². The fraction of sp³-hybridized carbons (Fsp3) is 0.364. The number of aromatic nitrogens is 3. The number of hydrogen-bond acceptors (Lipinski definition) is 5. The lowest BCUT2D eigenvalue weighted by molar-refractivity contribution is 0.290. The monoisotopic (exact) mass is 375 g/mol. The van der Waals surface area contributed by atoms with E-state index >= 15 is 0 Å². The van der Waals surface area contributed by atoms with E-state index in [0.29, 0.717) is 18.5 Å². The van der Waals surface area contributed by atoms with E-state index in [0.717, 1.165) is 41.9 Å². The average molecular weight is 375 g/mol. The van der Waals surface area contributed by atoms with E-state index < -0.39 is 0 Å². The van der Waals surface area contributed by atoms with Crippen molar-refractivity contribution in [1.29, 1.82) is 0 Å². The van der Waals surface area contributed by atoms with Crippen LogP contribution in [-0.4, -0.2) is 26.8 Å². The molecule has 6 nitrogen and oxygen atoms in total. The number of pyridine rings is 1. The van der Waals surface area contributed by atoms with Crippen molar-refractivity contribution >= 4 is 5.82 Å². The highest BCUT2D eigenvalue weighted by atomic mass is 16.5. The van der Waals surface area contributed by atoms with Crippen LogP contribution in [0.2, 0.25) is 0 Å². The molecule has 1 saturated carbocycles. The van der Waals surface area contributed by atoms with Crippen molar-refractivity contribution in [1.82, 2.24) is 14.8 Å². The van der Waals surface area contributed by atoms with Gasteiger partial charge in [0.2, 0.25) is 5.88 Å². The van der Waals surface area contributed by atoms with Gasteiger partial charge in [-0.1, -0.05) is 18.9 Å². The third-order valence-corrected chi connectivity index (χ3v) is 5.69. The third-order valence-electron chi connectivity index (χ3n) is 5.69. The van der Waals surface area contributed by atoms with E-state index in [1.807, 2.05) is 16.9 Å². The second kappa shape index (κ2) is 7.28. The number of nitrogens with two attached hydrogens (primary N) is 1. The summed E-state index contributed by atoms with van der Waals surface area (Å²) in [5.74, 6) is 1.57. The van der Waals surface area contributed by atoms with Gasteiger partial charge in [-0.15, -0.1) is 0 Å². The highest BCUT2D eigenvalue weighted by Crippen LogP contribution is 2.38. The van der Waals surface area contributed by atoms with Crippen molar-refractivity contribution in [3.05, 3.63) is 54.4 Å². The quantitative estimate of drug-likeness (QED) is 0.679. The molecule has 0 saturated heterocycles. The first kappa shape index (κ1) is 17.3. The van der Waals surface area contributed by atoms with Gasteiger partial charge in [0.25, 0.3) is 0 Å². The van der Waals surface area contributed by atoms with Crippen LogP contribution in [0.15, 0.2) is 48.8 Å². The van der Waals surface area contributed by atoms with Crippen LogP contribution < -0.4 is 15.8 Å². The lowest BCUT2D eigenvalue weighted by Crippen LogP contribution is -2.29. The van der Waals surface area contributed by atoms with E-state index in [1.54, 1.807) is 6.20 Å². The summed E-state index contributed by atoms with van der Waals surface area (Å²) in [6.07, 6.45) is 9.43. The number of nitrogens with zero attached hydrogens (tertiary/aromatic N) is 3. The standard InChI is InChI=1S/C22H25N5O/c23-16-4-1-2-5-17(13-16)25-21-9-8-20-19-7-6-18(27-11-3-10-24-27)12-15(19)14-28-22(20)26-21/h3,6-12,16-17H,1-2,4-5,13-14,23H2,(H,25,26). The average Bonchev–Trinajstić information content (AvgIpc) is 3.17. The second-order valence-electron chi connectivity index (χ2n) is 7.75. The molecule has 0 spiro atoms. The zero-order valence-corrected chi connectivity index (χ0v) is 15.8. The number of fused-ring (bicyclic) bond motifs is 3. The van der Waals surface area contributed by atoms with Gasteiger partial charge < -0.3 is 15.8 Å². The zero-order chi connectivity index (χ0) is 18.9. The van der Waals surface area contributed by atoms with E-state index in [1.165, 1.54) is 18.4 Å². The van der Waals surface area contributed by atoms with Gasteiger partial charge >= 0.3 is 0 Å². The summed E-state index contributed by atoms with van der Waals surface area (Å²) in [4.78, 5) is 4.74. The predicted octanol–water partition coefficient (Wildman–Crippen LogP) is 3.90. The molecule has 1 fully saturated rings. The Balaban J connectivity index is 1.39. The van der Waals surface area contributed by atoms with Gasteiger partial charge in [0, 0.05) is 30.0 Å². The maximum Gasteiger partial charge on any atom is 0.223 e. The number of nitrogens with one attached hydrogen (secondary N) is 1. The normalized spacial score (nSPS) is 21.2. The van der Waals surface area contributed by atoms with Gasteiger partial charge in [0.1, 0.15) is 12.4 Å². The Morgan fingerprint density at radius 2 is 2.00 bits per heavy atom. The van der Waals surface area contributed by atoms with E-state index in [-0.39, 0.29) is 6.04 Å². The van der Waals surface area contributed by atoms with Crippen LogP contribution in [-0.2, 0) is 6.61 Å². The lowest BCUT2D eigenvalue weighted by atomic mass is 9.98. The number of rotatable bonds is 3. The van der Waals surface area contributed by atoms with Crippen LogP contribution >= 0.6 is 0 Å². The maximum absolute atomic E-state index is 6.20. The molecule has 1 aliphatic carbocycles. The van der Waals surface area contributed by atoms with Gasteiger partial charge in [-0.25, -0.2) is 4.68 Å². The first-order valence-electron chi connectivity index (χ1n) is 10.1. The molecule has 144 valence electrons. The van der Waals surface area contributed by atoms with Crippen LogP contribution in [0.3, 0.4) is 0 Å². The van der Waals surface area contributed by atoms with Gasteiger partial charge in [-0.2, -0.15) is 10.1 Å². The molecule has 28 heavy (non-hydrogen) atoms. The molecule has 0 amide bonds. The molecule has 2 atom stereocenters. The number of hydrogen-bond donors (Lipinski definition) is 2. The van der Waals surface area contributed by atoms with Crippen LogP contribution in [0.4, 0.5) is 5.82 Å². The Labute approximate surface area is 164 Å². The Morgan fingerprint density at radius 3 is 2.89 bits per heavy atom. The summed E-state index contributed by atoms with van der Waals surface area (Å²) >= 11 is 0. The molecule has 2 aliphatic rings. The number of anilines is 1. The molecule has 5 rings (SSSR count). The Hall–Kier alpha value is -2.86. The zero-order valence-electron chi connectivity index (χ0n) is 15.8. The predicted molar refractivity (Wildman–Crippen MR) is 110 cm³/mol. The van der Waals surface area contributed by atoms with E-state index in [9.17, 15) is 0 Å². The molecule has 3 aromatic rings. The van der Waals surface area contributed by atoms with Crippen molar-refractivity contribution in [3.63, 3.8) is 0 Å². The molecule has 1 aromatic carbocycles. The first-order valence-corrected chi connectivity index (χ1v) is 10.1. The summed E-state index contributed by atoms with van der Waals surface area (Å²) in [7, 11) is 0. The highest BCUT2D eigenvalue weighted by Gasteiger charge is 2.22. The minimum absolute atomic E-state index is 0.282. The molecular formula is C22H25N5O. The molecule has 0 bridgehead atoms. The van der Waals surface area contributed by atoms with E-state index in [2.05, 4.69) is 40.7 Å². The van der Waals surface area contributed by atoms with Crippen molar-refractivity contribution in [3.8, 4) is 22.7 Å². The molecule has 1 aliphatic heterocycles. The van der Waals surface area contributed by atoms with Crippen molar-refractivity contribution in [2.24, 2.45) is 5.73 Å². The largest absolute Gasteiger partial charge is 0.472 e. The molecule has 3 N–H and O–H groups in total. The first-order chi connectivity index (χ1) is 13.8.